The number of hydrogen-bond donors (Lipinski definition) is 2. The molecule has 0 unspecified atom stereocenters. The fourth-order valence-corrected chi connectivity index (χ4v) is 5.26. The van der Waals surface area contributed by atoms with E-state index in [0.717, 1.165) is 43.9 Å². The molecular weight excluding hydrogens is 336 g/mol. The quantitative estimate of drug-likeness (QED) is 0.325. The van der Waals surface area contributed by atoms with Gasteiger partial charge in [0.25, 0.3) is 0 Å². The first-order chi connectivity index (χ1) is 12.9. The van der Waals surface area contributed by atoms with E-state index >= 15 is 0 Å². The lowest BCUT2D eigenvalue weighted by molar-refractivity contribution is -0.137. The van der Waals surface area contributed by atoms with E-state index in [0.29, 0.717) is 17.3 Å². The van der Waals surface area contributed by atoms with E-state index in [4.69, 9.17) is 5.11 Å². The maximum Gasteiger partial charge on any atom is 0.303 e. The number of carboxylic acid groups (broad SMARTS) is 1. The van der Waals surface area contributed by atoms with Gasteiger partial charge in [0.2, 0.25) is 0 Å². The van der Waals surface area contributed by atoms with E-state index in [2.05, 4.69) is 45.1 Å². The summed E-state index contributed by atoms with van der Waals surface area (Å²) in [5.41, 5.74) is 0.450. The first kappa shape index (κ1) is 22.2. The third-order valence-corrected chi connectivity index (χ3v) is 7.19. The summed E-state index contributed by atoms with van der Waals surface area (Å²) in [6, 6.07) is 0. The molecule has 0 aliphatic heterocycles. The molecule has 3 aliphatic rings. The summed E-state index contributed by atoms with van der Waals surface area (Å²) in [7, 11) is 0. The number of aliphatic hydroxyl groups excluding tert-OH is 1. The second-order valence-electron chi connectivity index (χ2n) is 9.37. The van der Waals surface area contributed by atoms with Gasteiger partial charge < -0.3 is 10.2 Å². The summed E-state index contributed by atoms with van der Waals surface area (Å²) < 4.78 is 0. The molecule has 5 atom stereocenters. The Balaban J connectivity index is 1.88. The Kier molecular flexibility index (Phi) is 8.60. The molecule has 154 valence electrons. The molecule has 3 aliphatic carbocycles. The number of aliphatic carboxylic acids is 1. The van der Waals surface area contributed by atoms with Gasteiger partial charge in [0.15, 0.2) is 0 Å². The summed E-state index contributed by atoms with van der Waals surface area (Å²) in [5, 5.41) is 19.0. The fourth-order valence-electron chi connectivity index (χ4n) is 5.26. The highest BCUT2D eigenvalue weighted by molar-refractivity contribution is 5.66. The Hall–Kier alpha value is -1.09. The second kappa shape index (κ2) is 10.5. The molecule has 0 radical (unpaired) electrons. The van der Waals surface area contributed by atoms with Gasteiger partial charge in [0, 0.05) is 6.42 Å². The SMILES string of the molecule is CCCCC[C@H](O)/C=C/[C@H]1C[C@H]2C[C@@H]([C@@H]1C/C=C/CCCC(=O)O)C2(C)C. The predicted octanol–water partition coefficient (Wildman–Crippen LogP) is 5.98. The summed E-state index contributed by atoms with van der Waals surface area (Å²) in [4.78, 5) is 10.6. The number of aliphatic hydroxyl groups is 1. The van der Waals surface area contributed by atoms with Crippen LogP contribution in [0.3, 0.4) is 0 Å². The minimum absolute atomic E-state index is 0.256. The molecule has 3 fully saturated rings. The highest BCUT2D eigenvalue weighted by Gasteiger charge is 2.56. The van der Waals surface area contributed by atoms with Gasteiger partial charge in [-0.15, -0.1) is 0 Å². The summed E-state index contributed by atoms with van der Waals surface area (Å²) in [6.45, 7) is 7.04. The van der Waals surface area contributed by atoms with Crippen LogP contribution in [0.4, 0.5) is 0 Å². The number of fused-ring (bicyclic) bond motifs is 2. The van der Waals surface area contributed by atoms with Crippen LogP contribution in [0.2, 0.25) is 0 Å². The lowest BCUT2D eigenvalue weighted by Crippen LogP contribution is -2.55. The molecule has 2 bridgehead atoms. The zero-order valence-corrected chi connectivity index (χ0v) is 17.6. The number of carbonyl (C=O) groups is 1. The molecule has 3 heteroatoms. The minimum Gasteiger partial charge on any atom is -0.481 e. The van der Waals surface area contributed by atoms with Crippen LogP contribution < -0.4 is 0 Å². The molecule has 0 aromatic heterocycles. The summed E-state index contributed by atoms with van der Waals surface area (Å²) in [6.07, 6.45) is 18.4. The summed E-state index contributed by atoms with van der Waals surface area (Å²) >= 11 is 0. The Morgan fingerprint density at radius 2 is 1.96 bits per heavy atom. The first-order valence-electron chi connectivity index (χ1n) is 11.1. The monoisotopic (exact) mass is 376 g/mol. The van der Waals surface area contributed by atoms with E-state index in [1.807, 2.05) is 0 Å². The zero-order chi connectivity index (χ0) is 19.9. The molecule has 27 heavy (non-hydrogen) atoms. The van der Waals surface area contributed by atoms with Crippen molar-refractivity contribution in [3.05, 3.63) is 24.3 Å². The van der Waals surface area contributed by atoms with Gasteiger partial charge in [-0.05, 0) is 67.6 Å². The molecule has 0 saturated heterocycles. The smallest absolute Gasteiger partial charge is 0.303 e. The lowest BCUT2D eigenvalue weighted by Gasteiger charge is -2.62. The van der Waals surface area contributed by atoms with Crippen molar-refractivity contribution in [3.63, 3.8) is 0 Å². The van der Waals surface area contributed by atoms with Crippen LogP contribution in [0.15, 0.2) is 24.3 Å². The number of hydrogen-bond acceptors (Lipinski definition) is 2. The van der Waals surface area contributed by atoms with Crippen LogP contribution in [-0.4, -0.2) is 22.3 Å². The van der Waals surface area contributed by atoms with E-state index in [1.165, 1.54) is 25.7 Å². The van der Waals surface area contributed by atoms with Crippen LogP contribution in [0.5, 0.6) is 0 Å². The van der Waals surface area contributed by atoms with Crippen molar-refractivity contribution in [1.82, 2.24) is 0 Å². The second-order valence-corrected chi connectivity index (χ2v) is 9.37. The van der Waals surface area contributed by atoms with Crippen LogP contribution in [0.1, 0.15) is 85.0 Å². The Bertz CT molecular complexity index is 520. The van der Waals surface area contributed by atoms with Crippen molar-refractivity contribution in [1.29, 1.82) is 0 Å². The standard InChI is InChI=1S/C24H40O3/c1-4-5-8-11-20(25)15-14-18-16-19-17-22(24(19,2)3)21(18)12-9-6-7-10-13-23(26)27/h6,9,14-15,18-22,25H,4-5,7-8,10-13,16-17H2,1-3H3,(H,26,27)/b9-6+,15-14+/t18-,19-,20-,21+,22-/m0/s1. The molecular formula is C24H40O3. The minimum atomic E-state index is -0.708. The van der Waals surface area contributed by atoms with Crippen molar-refractivity contribution in [2.45, 2.75) is 91.1 Å². The number of carboxylic acids is 1. The highest BCUT2D eigenvalue weighted by atomic mass is 16.4. The van der Waals surface area contributed by atoms with Crippen LogP contribution in [0.25, 0.3) is 0 Å². The zero-order valence-electron chi connectivity index (χ0n) is 17.6. The molecule has 3 saturated carbocycles. The highest BCUT2D eigenvalue weighted by Crippen LogP contribution is 2.64. The van der Waals surface area contributed by atoms with Gasteiger partial charge in [0.1, 0.15) is 0 Å². The Labute approximate surface area is 165 Å². The van der Waals surface area contributed by atoms with Crippen molar-refractivity contribution < 1.29 is 15.0 Å². The van der Waals surface area contributed by atoms with Crippen molar-refractivity contribution in [3.8, 4) is 0 Å². The van der Waals surface area contributed by atoms with Gasteiger partial charge in [-0.1, -0.05) is 64.3 Å². The van der Waals surface area contributed by atoms with Gasteiger partial charge in [-0.25, -0.2) is 0 Å². The van der Waals surface area contributed by atoms with Gasteiger partial charge in [-0.3, -0.25) is 4.79 Å². The third kappa shape index (κ3) is 6.20. The fraction of sp³-hybridized carbons (Fsp3) is 0.792. The first-order valence-corrected chi connectivity index (χ1v) is 11.1. The number of allylic oxidation sites excluding steroid dienone is 3. The summed E-state index contributed by atoms with van der Waals surface area (Å²) in [5.74, 6) is 2.11. The topological polar surface area (TPSA) is 57.5 Å². The molecule has 2 N–H and O–H groups in total. The van der Waals surface area contributed by atoms with E-state index in [-0.39, 0.29) is 12.5 Å². The average Bonchev–Trinajstić information content (AvgIpc) is 2.62. The molecule has 0 spiro atoms. The van der Waals surface area contributed by atoms with Crippen molar-refractivity contribution in [2.75, 3.05) is 0 Å². The molecule has 0 aromatic rings. The lowest BCUT2D eigenvalue weighted by atomic mass is 9.43. The van der Waals surface area contributed by atoms with Gasteiger partial charge in [0.05, 0.1) is 6.10 Å². The van der Waals surface area contributed by atoms with E-state index in [9.17, 15) is 9.90 Å². The van der Waals surface area contributed by atoms with E-state index in [1.54, 1.807) is 0 Å². The Morgan fingerprint density at radius 3 is 2.63 bits per heavy atom. The largest absolute Gasteiger partial charge is 0.481 e. The van der Waals surface area contributed by atoms with Crippen LogP contribution in [0, 0.1) is 29.1 Å². The van der Waals surface area contributed by atoms with Crippen LogP contribution in [-0.2, 0) is 4.79 Å². The number of unbranched alkanes of at least 4 members (excludes halogenated alkanes) is 3. The molecule has 0 amide bonds. The molecule has 0 aromatic carbocycles. The van der Waals surface area contributed by atoms with Crippen LogP contribution >= 0.6 is 0 Å². The van der Waals surface area contributed by atoms with Crippen molar-refractivity contribution in [2.24, 2.45) is 29.1 Å². The maximum absolute atomic E-state index is 10.6. The molecule has 3 nitrogen and oxygen atoms in total. The maximum atomic E-state index is 10.6. The third-order valence-electron chi connectivity index (χ3n) is 7.19. The van der Waals surface area contributed by atoms with Crippen molar-refractivity contribution >= 4 is 5.97 Å². The average molecular weight is 377 g/mol. The van der Waals surface area contributed by atoms with E-state index < -0.39 is 5.97 Å². The van der Waals surface area contributed by atoms with Gasteiger partial charge in [-0.2, -0.15) is 0 Å². The normalized spacial score (nSPS) is 30.5. The number of rotatable bonds is 12. The predicted molar refractivity (Wildman–Crippen MR) is 112 cm³/mol. The molecule has 0 heterocycles. The Morgan fingerprint density at radius 1 is 1.19 bits per heavy atom. The molecule has 3 rings (SSSR count). The van der Waals surface area contributed by atoms with Gasteiger partial charge >= 0.3 is 5.97 Å².